The van der Waals surface area contributed by atoms with Gasteiger partial charge in [-0.1, -0.05) is 45.4 Å². The van der Waals surface area contributed by atoms with Crippen molar-refractivity contribution >= 4 is 10.9 Å². The highest BCUT2D eigenvalue weighted by Gasteiger charge is 2.10. The predicted molar refractivity (Wildman–Crippen MR) is 88.0 cm³/mol. The molecular formula is C18H28N2. The summed E-state index contributed by atoms with van der Waals surface area (Å²) in [7, 11) is 0. The third-order valence-electron chi connectivity index (χ3n) is 3.90. The molecule has 0 amide bonds. The van der Waals surface area contributed by atoms with Gasteiger partial charge in [0.05, 0.1) is 0 Å². The van der Waals surface area contributed by atoms with E-state index in [4.69, 9.17) is 0 Å². The fraction of sp³-hybridized carbons (Fsp3) is 0.556. The van der Waals surface area contributed by atoms with Crippen molar-refractivity contribution < 1.29 is 0 Å². The van der Waals surface area contributed by atoms with Crippen LogP contribution in [0.3, 0.4) is 0 Å². The second-order valence-corrected chi connectivity index (χ2v) is 5.88. The number of rotatable bonds is 8. The Balaban J connectivity index is 2.24. The highest BCUT2D eigenvalue weighted by Crippen LogP contribution is 2.22. The first-order valence-corrected chi connectivity index (χ1v) is 8.04. The van der Waals surface area contributed by atoms with Gasteiger partial charge in [-0.25, -0.2) is 0 Å². The van der Waals surface area contributed by atoms with Crippen molar-refractivity contribution in [1.29, 1.82) is 0 Å². The first-order chi connectivity index (χ1) is 9.76. The quantitative estimate of drug-likeness (QED) is 0.696. The zero-order chi connectivity index (χ0) is 14.4. The van der Waals surface area contributed by atoms with E-state index in [2.05, 4.69) is 61.0 Å². The van der Waals surface area contributed by atoms with Crippen molar-refractivity contribution in [2.45, 2.75) is 53.1 Å². The Kier molecular flexibility index (Phi) is 5.66. The minimum absolute atomic E-state index is 0.737. The maximum Gasteiger partial charge on any atom is 0.0483 e. The summed E-state index contributed by atoms with van der Waals surface area (Å²) in [6.07, 6.45) is 3.75. The molecule has 2 aromatic rings. The Morgan fingerprint density at radius 1 is 1.15 bits per heavy atom. The topological polar surface area (TPSA) is 17.0 Å². The van der Waals surface area contributed by atoms with Crippen LogP contribution in [0.2, 0.25) is 0 Å². The molecule has 0 spiro atoms. The van der Waals surface area contributed by atoms with Gasteiger partial charge in [0.1, 0.15) is 0 Å². The van der Waals surface area contributed by atoms with Crippen LogP contribution in [0, 0.1) is 5.92 Å². The van der Waals surface area contributed by atoms with Crippen LogP contribution >= 0.6 is 0 Å². The molecule has 20 heavy (non-hydrogen) atoms. The van der Waals surface area contributed by atoms with Gasteiger partial charge in [0.2, 0.25) is 0 Å². The van der Waals surface area contributed by atoms with E-state index in [1.165, 1.54) is 35.9 Å². The molecule has 0 saturated carbocycles. The number of benzene rings is 1. The lowest BCUT2D eigenvalue weighted by Crippen LogP contribution is -2.18. The van der Waals surface area contributed by atoms with Crippen molar-refractivity contribution in [1.82, 2.24) is 9.88 Å². The number of aromatic nitrogens is 1. The second kappa shape index (κ2) is 7.49. The lowest BCUT2D eigenvalue weighted by molar-refractivity contribution is 0.442. The zero-order valence-corrected chi connectivity index (χ0v) is 13.2. The molecule has 1 aromatic carbocycles. The van der Waals surface area contributed by atoms with E-state index in [1.54, 1.807) is 0 Å². The van der Waals surface area contributed by atoms with E-state index in [1.807, 2.05) is 0 Å². The normalized spacial score (nSPS) is 12.9. The molecular weight excluding hydrogens is 244 g/mol. The van der Waals surface area contributed by atoms with Gasteiger partial charge in [-0.15, -0.1) is 0 Å². The largest absolute Gasteiger partial charge is 0.343 e. The van der Waals surface area contributed by atoms with Gasteiger partial charge in [0.25, 0.3) is 0 Å². The Labute approximate surface area is 123 Å². The molecule has 1 atom stereocenters. The third kappa shape index (κ3) is 3.63. The number of nitrogens with zero attached hydrogens (tertiary/aromatic N) is 1. The number of hydrogen-bond donors (Lipinski definition) is 1. The van der Waals surface area contributed by atoms with Gasteiger partial charge in [0.15, 0.2) is 0 Å². The van der Waals surface area contributed by atoms with Crippen molar-refractivity contribution in [2.24, 2.45) is 5.92 Å². The van der Waals surface area contributed by atoms with Gasteiger partial charge in [-0.05, 0) is 42.8 Å². The third-order valence-corrected chi connectivity index (χ3v) is 3.90. The summed E-state index contributed by atoms with van der Waals surface area (Å²) in [5.74, 6) is 0.737. The van der Waals surface area contributed by atoms with Crippen molar-refractivity contribution in [2.75, 3.05) is 6.54 Å². The van der Waals surface area contributed by atoms with E-state index in [9.17, 15) is 0 Å². The first kappa shape index (κ1) is 15.1. The van der Waals surface area contributed by atoms with Gasteiger partial charge in [-0.2, -0.15) is 0 Å². The van der Waals surface area contributed by atoms with Gasteiger partial charge in [0, 0.05) is 24.3 Å². The summed E-state index contributed by atoms with van der Waals surface area (Å²) in [6, 6.07) is 11.1. The summed E-state index contributed by atoms with van der Waals surface area (Å²) in [5.41, 5.74) is 2.80. The maximum atomic E-state index is 3.54. The molecule has 2 nitrogen and oxygen atoms in total. The van der Waals surface area contributed by atoms with Gasteiger partial charge >= 0.3 is 0 Å². The second-order valence-electron chi connectivity index (χ2n) is 5.88. The Hall–Kier alpha value is -1.28. The average Bonchev–Trinajstić information content (AvgIpc) is 2.78. The lowest BCUT2D eigenvalue weighted by atomic mass is 10.1. The molecule has 1 N–H and O–H groups in total. The van der Waals surface area contributed by atoms with E-state index in [0.29, 0.717) is 0 Å². The average molecular weight is 272 g/mol. The molecule has 0 fully saturated rings. The molecule has 1 unspecified atom stereocenters. The number of hydrogen-bond acceptors (Lipinski definition) is 1. The lowest BCUT2D eigenvalue weighted by Gasteiger charge is -2.16. The molecule has 0 aliphatic heterocycles. The number of para-hydroxylation sites is 1. The minimum atomic E-state index is 0.737. The van der Waals surface area contributed by atoms with Crippen LogP contribution in [0.5, 0.6) is 0 Å². The van der Waals surface area contributed by atoms with Crippen LogP contribution in [-0.4, -0.2) is 11.1 Å². The molecule has 110 valence electrons. The smallest absolute Gasteiger partial charge is 0.0483 e. The molecule has 0 saturated heterocycles. The molecule has 1 heterocycles. The first-order valence-electron chi connectivity index (χ1n) is 8.04. The van der Waals surface area contributed by atoms with Crippen LogP contribution in [0.4, 0.5) is 0 Å². The van der Waals surface area contributed by atoms with Crippen molar-refractivity contribution in [3.8, 4) is 0 Å². The van der Waals surface area contributed by atoms with Crippen LogP contribution in [0.15, 0.2) is 30.3 Å². The van der Waals surface area contributed by atoms with Gasteiger partial charge < -0.3 is 9.88 Å². The van der Waals surface area contributed by atoms with Crippen molar-refractivity contribution in [3.63, 3.8) is 0 Å². The van der Waals surface area contributed by atoms with E-state index in [0.717, 1.165) is 25.6 Å². The van der Waals surface area contributed by atoms with E-state index in [-0.39, 0.29) is 0 Å². The molecule has 0 aliphatic rings. The molecule has 2 rings (SSSR count). The maximum absolute atomic E-state index is 3.54. The minimum Gasteiger partial charge on any atom is -0.343 e. The summed E-state index contributed by atoms with van der Waals surface area (Å²) >= 11 is 0. The fourth-order valence-corrected chi connectivity index (χ4v) is 2.92. The number of nitrogens with one attached hydrogen (secondary N) is 1. The monoisotopic (exact) mass is 272 g/mol. The fourth-order valence-electron chi connectivity index (χ4n) is 2.92. The summed E-state index contributed by atoms with van der Waals surface area (Å²) in [5, 5.41) is 4.90. The van der Waals surface area contributed by atoms with Crippen LogP contribution in [-0.2, 0) is 13.1 Å². The van der Waals surface area contributed by atoms with Crippen LogP contribution in [0.1, 0.15) is 45.7 Å². The Bertz CT molecular complexity index is 527. The standard InChI is InChI=1S/C18H28N2/c1-4-8-15(3)14-20-17(13-19-11-5-2)12-16-9-6-7-10-18(16)20/h6-7,9-10,12,15,19H,4-5,8,11,13-14H2,1-3H3. The molecule has 0 radical (unpaired) electrons. The molecule has 0 aliphatic carbocycles. The van der Waals surface area contributed by atoms with E-state index < -0.39 is 0 Å². The van der Waals surface area contributed by atoms with Crippen molar-refractivity contribution in [3.05, 3.63) is 36.0 Å². The summed E-state index contributed by atoms with van der Waals surface area (Å²) < 4.78 is 2.51. The molecule has 0 bridgehead atoms. The highest BCUT2D eigenvalue weighted by molar-refractivity contribution is 5.81. The SMILES string of the molecule is CCCNCc1cc2ccccc2n1CC(C)CCC. The van der Waals surface area contributed by atoms with Crippen LogP contribution in [0.25, 0.3) is 10.9 Å². The van der Waals surface area contributed by atoms with Crippen LogP contribution < -0.4 is 5.32 Å². The summed E-state index contributed by atoms with van der Waals surface area (Å²) in [4.78, 5) is 0. The molecule has 2 heteroatoms. The van der Waals surface area contributed by atoms with Gasteiger partial charge in [-0.3, -0.25) is 0 Å². The highest BCUT2D eigenvalue weighted by atomic mass is 15.0. The summed E-state index contributed by atoms with van der Waals surface area (Å²) in [6.45, 7) is 10.0. The Morgan fingerprint density at radius 3 is 2.70 bits per heavy atom. The predicted octanol–water partition coefficient (Wildman–Crippen LogP) is 4.58. The molecule has 1 aromatic heterocycles. The number of fused-ring (bicyclic) bond motifs is 1. The zero-order valence-electron chi connectivity index (χ0n) is 13.2. The van der Waals surface area contributed by atoms with E-state index >= 15 is 0 Å². The Morgan fingerprint density at radius 2 is 1.95 bits per heavy atom.